The molecule has 18 heavy (non-hydrogen) atoms. The van der Waals surface area contributed by atoms with Crippen LogP contribution >= 0.6 is 39.1 Å². The Balaban J connectivity index is 2.21. The summed E-state index contributed by atoms with van der Waals surface area (Å²) >= 11 is 15.2. The highest BCUT2D eigenvalue weighted by Crippen LogP contribution is 2.25. The highest BCUT2D eigenvalue weighted by atomic mass is 79.9. The molecule has 0 aliphatic rings. The standard InChI is InChI=1S/C12H10BrCl2N3/c1-7(8-3-2-4-9(13)5-8)17-11-10(14)6-16-12(15)18-11/h2-7H,1H3,(H,16,17,18). The minimum absolute atomic E-state index is 0.0611. The fourth-order valence-electron chi connectivity index (χ4n) is 1.51. The number of nitrogens with one attached hydrogen (secondary N) is 1. The van der Waals surface area contributed by atoms with E-state index in [1.54, 1.807) is 0 Å². The van der Waals surface area contributed by atoms with Gasteiger partial charge in [-0.05, 0) is 36.2 Å². The molecule has 1 heterocycles. The molecular weight excluding hydrogens is 337 g/mol. The number of aromatic nitrogens is 2. The van der Waals surface area contributed by atoms with Crippen LogP contribution in [-0.2, 0) is 0 Å². The van der Waals surface area contributed by atoms with Gasteiger partial charge in [-0.3, -0.25) is 0 Å². The molecule has 0 radical (unpaired) electrons. The second-order valence-corrected chi connectivity index (χ2v) is 5.42. The average molecular weight is 347 g/mol. The summed E-state index contributed by atoms with van der Waals surface area (Å²) in [5, 5.41) is 3.82. The second kappa shape index (κ2) is 5.87. The fourth-order valence-corrected chi connectivity index (χ4v) is 2.21. The van der Waals surface area contributed by atoms with E-state index in [-0.39, 0.29) is 11.3 Å². The first-order valence-corrected chi connectivity index (χ1v) is 6.81. The SMILES string of the molecule is CC(Nc1nc(Cl)ncc1Cl)c1cccc(Br)c1. The lowest BCUT2D eigenvalue weighted by molar-refractivity contribution is 0.871. The zero-order valence-corrected chi connectivity index (χ0v) is 12.6. The van der Waals surface area contributed by atoms with E-state index in [9.17, 15) is 0 Å². The lowest BCUT2D eigenvalue weighted by Gasteiger charge is -2.16. The van der Waals surface area contributed by atoms with Crippen molar-refractivity contribution in [2.24, 2.45) is 0 Å². The van der Waals surface area contributed by atoms with E-state index in [0.717, 1.165) is 10.0 Å². The zero-order chi connectivity index (χ0) is 13.1. The largest absolute Gasteiger partial charge is 0.362 e. The number of hydrogen-bond donors (Lipinski definition) is 1. The Morgan fingerprint density at radius 2 is 2.11 bits per heavy atom. The molecule has 1 aromatic carbocycles. The summed E-state index contributed by atoms with van der Waals surface area (Å²) in [6, 6.07) is 8.08. The maximum absolute atomic E-state index is 6.00. The number of halogens is 3. The molecule has 0 fully saturated rings. The molecule has 3 nitrogen and oxygen atoms in total. The maximum atomic E-state index is 6.00. The molecule has 0 amide bonds. The van der Waals surface area contributed by atoms with Crippen LogP contribution in [0.15, 0.2) is 34.9 Å². The first-order valence-electron chi connectivity index (χ1n) is 5.26. The number of hydrogen-bond acceptors (Lipinski definition) is 3. The van der Waals surface area contributed by atoms with Crippen molar-refractivity contribution in [2.75, 3.05) is 5.32 Å². The fraction of sp³-hybridized carbons (Fsp3) is 0.167. The molecule has 0 bridgehead atoms. The third kappa shape index (κ3) is 3.34. The molecule has 1 unspecified atom stereocenters. The predicted molar refractivity (Wildman–Crippen MR) is 78.2 cm³/mol. The van der Waals surface area contributed by atoms with Gasteiger partial charge in [0.2, 0.25) is 5.28 Å². The van der Waals surface area contributed by atoms with Crippen LogP contribution in [0, 0.1) is 0 Å². The first kappa shape index (κ1) is 13.6. The van der Waals surface area contributed by atoms with Crippen LogP contribution in [0.3, 0.4) is 0 Å². The van der Waals surface area contributed by atoms with Crippen molar-refractivity contribution >= 4 is 44.9 Å². The average Bonchev–Trinajstić information content (AvgIpc) is 2.34. The van der Waals surface area contributed by atoms with Crippen molar-refractivity contribution in [3.63, 3.8) is 0 Å². The molecule has 94 valence electrons. The Kier molecular flexibility index (Phi) is 4.43. The van der Waals surface area contributed by atoms with Gasteiger partial charge >= 0.3 is 0 Å². The van der Waals surface area contributed by atoms with E-state index in [0.29, 0.717) is 10.8 Å². The summed E-state index contributed by atoms with van der Waals surface area (Å²) in [4.78, 5) is 7.87. The maximum Gasteiger partial charge on any atom is 0.224 e. The summed E-state index contributed by atoms with van der Waals surface area (Å²) in [5.74, 6) is 0.532. The van der Waals surface area contributed by atoms with Crippen LogP contribution in [0.4, 0.5) is 5.82 Å². The second-order valence-electron chi connectivity index (χ2n) is 3.76. The van der Waals surface area contributed by atoms with Crippen molar-refractivity contribution in [3.05, 3.63) is 50.8 Å². The van der Waals surface area contributed by atoms with E-state index >= 15 is 0 Å². The third-order valence-electron chi connectivity index (χ3n) is 2.42. The summed E-state index contributed by atoms with van der Waals surface area (Å²) in [6.07, 6.45) is 1.48. The van der Waals surface area contributed by atoms with Gasteiger partial charge in [-0.25, -0.2) is 4.98 Å². The number of rotatable bonds is 3. The van der Waals surface area contributed by atoms with Gasteiger partial charge in [0.1, 0.15) is 10.8 Å². The summed E-state index contributed by atoms with van der Waals surface area (Å²) in [7, 11) is 0. The zero-order valence-electron chi connectivity index (χ0n) is 9.49. The molecule has 0 saturated heterocycles. The lowest BCUT2D eigenvalue weighted by atomic mass is 10.1. The van der Waals surface area contributed by atoms with Gasteiger partial charge in [0, 0.05) is 4.47 Å². The normalized spacial score (nSPS) is 12.2. The summed E-state index contributed by atoms with van der Waals surface area (Å²) in [5.41, 5.74) is 1.12. The van der Waals surface area contributed by atoms with Crippen molar-refractivity contribution in [3.8, 4) is 0 Å². The molecule has 0 saturated carbocycles. The molecule has 2 aromatic rings. The third-order valence-corrected chi connectivity index (χ3v) is 3.37. The van der Waals surface area contributed by atoms with Gasteiger partial charge in [0.05, 0.1) is 12.2 Å². The van der Waals surface area contributed by atoms with Gasteiger partial charge in [-0.15, -0.1) is 0 Å². The van der Waals surface area contributed by atoms with Gasteiger partial charge in [-0.1, -0.05) is 39.7 Å². The van der Waals surface area contributed by atoms with E-state index < -0.39 is 0 Å². The van der Waals surface area contributed by atoms with Gasteiger partial charge in [0.15, 0.2) is 0 Å². The van der Waals surface area contributed by atoms with Crippen LogP contribution in [-0.4, -0.2) is 9.97 Å². The number of nitrogens with zero attached hydrogens (tertiary/aromatic N) is 2. The Morgan fingerprint density at radius 3 is 2.83 bits per heavy atom. The van der Waals surface area contributed by atoms with Gasteiger partial charge < -0.3 is 5.32 Å². The molecule has 6 heteroatoms. The smallest absolute Gasteiger partial charge is 0.224 e. The molecule has 0 aliphatic carbocycles. The van der Waals surface area contributed by atoms with Crippen LogP contribution in [0.2, 0.25) is 10.3 Å². The van der Waals surface area contributed by atoms with Crippen molar-refractivity contribution in [1.29, 1.82) is 0 Å². The molecule has 1 atom stereocenters. The van der Waals surface area contributed by atoms with E-state index in [1.165, 1.54) is 6.20 Å². The van der Waals surface area contributed by atoms with Crippen molar-refractivity contribution in [1.82, 2.24) is 9.97 Å². The number of benzene rings is 1. The molecule has 0 spiro atoms. The minimum Gasteiger partial charge on any atom is -0.362 e. The van der Waals surface area contributed by atoms with Crippen LogP contribution in [0.1, 0.15) is 18.5 Å². The van der Waals surface area contributed by atoms with Crippen LogP contribution in [0.25, 0.3) is 0 Å². The monoisotopic (exact) mass is 345 g/mol. The predicted octanol–water partition coefficient (Wildman–Crippen LogP) is 4.72. The first-order chi connectivity index (χ1) is 8.56. The van der Waals surface area contributed by atoms with Crippen molar-refractivity contribution < 1.29 is 0 Å². The molecule has 0 aliphatic heterocycles. The topological polar surface area (TPSA) is 37.8 Å². The van der Waals surface area contributed by atoms with Gasteiger partial charge in [0.25, 0.3) is 0 Å². The Morgan fingerprint density at radius 1 is 1.33 bits per heavy atom. The summed E-state index contributed by atoms with van der Waals surface area (Å²) in [6.45, 7) is 2.02. The Hall–Kier alpha value is -0.840. The molecular formula is C12H10BrCl2N3. The molecule has 1 aromatic heterocycles. The summed E-state index contributed by atoms with van der Waals surface area (Å²) < 4.78 is 1.03. The minimum atomic E-state index is 0.0611. The lowest BCUT2D eigenvalue weighted by Crippen LogP contribution is -2.08. The van der Waals surface area contributed by atoms with E-state index in [2.05, 4.69) is 31.2 Å². The van der Waals surface area contributed by atoms with E-state index in [1.807, 2.05) is 31.2 Å². The Labute approximate surface area is 124 Å². The Bertz CT molecular complexity index is 563. The molecule has 1 N–H and O–H groups in total. The highest BCUT2D eigenvalue weighted by molar-refractivity contribution is 9.10. The van der Waals surface area contributed by atoms with Gasteiger partial charge in [-0.2, -0.15) is 4.98 Å². The van der Waals surface area contributed by atoms with E-state index in [4.69, 9.17) is 23.2 Å². The highest BCUT2D eigenvalue weighted by Gasteiger charge is 2.10. The number of anilines is 1. The molecule has 2 rings (SSSR count). The quantitative estimate of drug-likeness (QED) is 0.817. The van der Waals surface area contributed by atoms with Crippen molar-refractivity contribution in [2.45, 2.75) is 13.0 Å². The van der Waals surface area contributed by atoms with Crippen LogP contribution in [0.5, 0.6) is 0 Å². The van der Waals surface area contributed by atoms with Crippen LogP contribution < -0.4 is 5.32 Å².